The zero-order valence-corrected chi connectivity index (χ0v) is 26.2. The maximum atomic E-state index is 13.6. The molecule has 0 saturated heterocycles. The highest BCUT2D eigenvalue weighted by Gasteiger charge is 2.59. The van der Waals surface area contributed by atoms with Gasteiger partial charge in [0.1, 0.15) is 0 Å². The molecule has 0 amide bonds. The highest BCUT2D eigenvalue weighted by molar-refractivity contribution is 7.16. The summed E-state index contributed by atoms with van der Waals surface area (Å²) in [5.74, 6) is 4.71. The Morgan fingerprint density at radius 1 is 1.02 bits per heavy atom. The van der Waals surface area contributed by atoms with Crippen molar-refractivity contribution in [1.29, 1.82) is 0 Å². The molecule has 2 fully saturated rings. The Bertz CT molecular complexity index is 1290. The Hall–Kier alpha value is -1.82. The lowest BCUT2D eigenvalue weighted by Gasteiger charge is -2.57. The first-order valence-electron chi connectivity index (χ1n) is 16.1. The number of thiazole rings is 1. The summed E-state index contributed by atoms with van der Waals surface area (Å²) in [7, 11) is 0. The Kier molecular flexibility index (Phi) is 7.65. The van der Waals surface area contributed by atoms with Gasteiger partial charge in [-0.25, -0.2) is 4.98 Å². The molecule has 1 heterocycles. The van der Waals surface area contributed by atoms with Crippen molar-refractivity contribution in [3.05, 3.63) is 46.5 Å². The molecule has 0 spiro atoms. The fraction of sp³-hybridized carbons (Fsp3) is 0.686. The number of para-hydroxylation sites is 1. The van der Waals surface area contributed by atoms with Gasteiger partial charge < -0.3 is 5.32 Å². The minimum Gasteiger partial charge on any atom is -0.331 e. The molecule has 2 aromatic rings. The van der Waals surface area contributed by atoms with Crippen LogP contribution in [0.1, 0.15) is 109 Å². The molecule has 2 saturated carbocycles. The number of rotatable bonds is 7. The normalized spacial score (nSPS) is 33.4. The summed E-state index contributed by atoms with van der Waals surface area (Å²) in [4.78, 5) is 6.03. The van der Waals surface area contributed by atoms with Crippen LogP contribution < -0.4 is 5.32 Å². The maximum Gasteiger partial charge on any atom is 0.418 e. The van der Waals surface area contributed by atoms with Crippen molar-refractivity contribution in [2.75, 3.05) is 5.32 Å². The van der Waals surface area contributed by atoms with Crippen molar-refractivity contribution in [2.24, 2.45) is 46.3 Å². The molecule has 0 bridgehead atoms. The summed E-state index contributed by atoms with van der Waals surface area (Å²) < 4.78 is 40.8. The summed E-state index contributed by atoms with van der Waals surface area (Å²) in [5.41, 5.74) is 2.51. The molecule has 1 N–H and O–H groups in total. The molecule has 4 aliphatic carbocycles. The van der Waals surface area contributed by atoms with Crippen LogP contribution in [0.3, 0.4) is 0 Å². The summed E-state index contributed by atoms with van der Waals surface area (Å²) in [6.07, 6.45) is 10.8. The molecule has 2 nitrogen and oxygen atoms in total. The fourth-order valence-corrected chi connectivity index (χ4v) is 11.1. The fourth-order valence-electron chi connectivity index (χ4n) is 9.91. The molecule has 41 heavy (non-hydrogen) atoms. The number of alkyl halides is 3. The molecule has 7 atom stereocenters. The maximum absolute atomic E-state index is 13.6. The van der Waals surface area contributed by atoms with Crippen molar-refractivity contribution in [3.8, 4) is 0 Å². The third-order valence-corrected chi connectivity index (χ3v) is 13.0. The average molecular weight is 585 g/mol. The molecule has 224 valence electrons. The predicted molar refractivity (Wildman–Crippen MR) is 164 cm³/mol. The number of hydrogen-bond acceptors (Lipinski definition) is 3. The molecular formula is C35H47F3N2S. The minimum absolute atomic E-state index is 0.0762. The lowest BCUT2D eigenvalue weighted by molar-refractivity contribution is -0.136. The van der Waals surface area contributed by atoms with Gasteiger partial charge in [-0.15, -0.1) is 0 Å². The first kappa shape index (κ1) is 29.3. The van der Waals surface area contributed by atoms with Crippen LogP contribution in [0.15, 0.2) is 30.3 Å². The molecule has 6 rings (SSSR count). The van der Waals surface area contributed by atoms with Crippen molar-refractivity contribution in [3.63, 3.8) is 0 Å². The van der Waals surface area contributed by atoms with Crippen LogP contribution in [-0.4, -0.2) is 4.98 Å². The van der Waals surface area contributed by atoms with Crippen LogP contribution in [0.5, 0.6) is 0 Å². The number of halogens is 3. The van der Waals surface area contributed by atoms with Crippen LogP contribution >= 0.6 is 11.3 Å². The Morgan fingerprint density at radius 3 is 2.56 bits per heavy atom. The summed E-state index contributed by atoms with van der Waals surface area (Å²) in [6.45, 7) is 12.4. The van der Waals surface area contributed by atoms with Crippen LogP contribution in [-0.2, 0) is 12.6 Å². The first-order valence-corrected chi connectivity index (χ1v) is 16.9. The van der Waals surface area contributed by atoms with Gasteiger partial charge in [0.2, 0.25) is 0 Å². The number of aromatic nitrogens is 1. The number of hydrogen-bond donors (Lipinski definition) is 1. The Morgan fingerprint density at radius 2 is 1.80 bits per heavy atom. The second-order valence-corrected chi connectivity index (χ2v) is 15.6. The number of allylic oxidation sites excluding steroid dienone is 2. The average Bonchev–Trinajstić information content (AvgIpc) is 3.48. The zero-order chi connectivity index (χ0) is 29.2. The third-order valence-electron chi connectivity index (χ3n) is 12.0. The van der Waals surface area contributed by atoms with Gasteiger partial charge in [-0.3, -0.25) is 0 Å². The van der Waals surface area contributed by atoms with Gasteiger partial charge in [-0.1, -0.05) is 83.4 Å². The van der Waals surface area contributed by atoms with E-state index >= 15 is 0 Å². The summed E-state index contributed by atoms with van der Waals surface area (Å²) in [6, 6.07) is 5.71. The number of anilines is 2. The lowest BCUT2D eigenvalue weighted by atomic mass is 9.47. The second-order valence-electron chi connectivity index (χ2n) is 14.6. The van der Waals surface area contributed by atoms with E-state index in [1.807, 2.05) is 0 Å². The van der Waals surface area contributed by atoms with Crippen molar-refractivity contribution in [1.82, 2.24) is 4.98 Å². The van der Waals surface area contributed by atoms with Gasteiger partial charge in [-0.05, 0) is 109 Å². The SMILES string of the molecule is CC(C)CCC[C@@H](C)[C@H]1CC[C@H]2[C@@H]3CC=C4c5sc(Nc6ccccc6C(F)(F)F)nc5CC[C@]4(C)[C@H]3CC[C@]12C. The van der Waals surface area contributed by atoms with E-state index in [2.05, 4.69) is 46.0 Å². The number of nitrogens with one attached hydrogen (secondary N) is 1. The number of nitrogens with zero attached hydrogens (tertiary/aromatic N) is 1. The molecular weight excluding hydrogens is 537 g/mol. The standard InChI is InChI=1S/C35H47F3N2S/c1-21(2)9-8-10-22(3)24-15-16-25-23-13-14-28-31-30(18-20-34(28,5)26(23)17-19-33(24,25)4)40-32(41-31)39-29-12-7-6-11-27(29)35(36,37)38/h6-7,11-12,14,21-26H,8-10,13,15-20H2,1-5H3,(H,39,40)/t22-,23+,24-,25+,26+,33-,34-/m1/s1. The quantitative estimate of drug-likeness (QED) is 0.350. The van der Waals surface area contributed by atoms with E-state index in [0.717, 1.165) is 60.6 Å². The molecule has 0 radical (unpaired) electrons. The van der Waals surface area contributed by atoms with E-state index in [9.17, 15) is 13.2 Å². The van der Waals surface area contributed by atoms with Crippen LogP contribution in [0.25, 0.3) is 5.57 Å². The highest BCUT2D eigenvalue weighted by atomic mass is 32.1. The van der Waals surface area contributed by atoms with E-state index in [0.29, 0.717) is 16.5 Å². The number of fused-ring (bicyclic) bond motifs is 7. The van der Waals surface area contributed by atoms with Gasteiger partial charge in [0.05, 0.1) is 21.8 Å². The molecule has 0 unspecified atom stereocenters. The topological polar surface area (TPSA) is 24.9 Å². The van der Waals surface area contributed by atoms with Gasteiger partial charge in [-0.2, -0.15) is 13.2 Å². The van der Waals surface area contributed by atoms with E-state index in [-0.39, 0.29) is 11.1 Å². The van der Waals surface area contributed by atoms with Crippen molar-refractivity contribution >= 4 is 27.7 Å². The molecule has 0 aliphatic heterocycles. The number of aryl methyl sites for hydroxylation is 1. The van der Waals surface area contributed by atoms with E-state index in [1.165, 1.54) is 67.5 Å². The second kappa shape index (κ2) is 10.7. The minimum atomic E-state index is -4.40. The predicted octanol–water partition coefficient (Wildman–Crippen LogP) is 11.2. The van der Waals surface area contributed by atoms with Gasteiger partial charge in [0, 0.05) is 0 Å². The van der Waals surface area contributed by atoms with Crippen LogP contribution in [0.4, 0.5) is 24.0 Å². The van der Waals surface area contributed by atoms with Crippen LogP contribution in [0, 0.1) is 46.3 Å². The lowest BCUT2D eigenvalue weighted by Crippen LogP contribution is -2.49. The van der Waals surface area contributed by atoms with E-state index in [4.69, 9.17) is 4.98 Å². The van der Waals surface area contributed by atoms with Gasteiger partial charge in [0.15, 0.2) is 5.13 Å². The summed E-state index contributed by atoms with van der Waals surface area (Å²) >= 11 is 1.55. The Balaban J connectivity index is 1.23. The van der Waals surface area contributed by atoms with Gasteiger partial charge in [0.25, 0.3) is 0 Å². The largest absolute Gasteiger partial charge is 0.418 e. The smallest absolute Gasteiger partial charge is 0.331 e. The molecule has 6 heteroatoms. The van der Waals surface area contributed by atoms with Crippen molar-refractivity contribution in [2.45, 2.75) is 105 Å². The molecule has 4 aliphatic rings. The zero-order valence-electron chi connectivity index (χ0n) is 25.4. The Labute approximate surface area is 248 Å². The third kappa shape index (κ3) is 5.08. The van der Waals surface area contributed by atoms with Gasteiger partial charge >= 0.3 is 6.18 Å². The van der Waals surface area contributed by atoms with Crippen molar-refractivity contribution < 1.29 is 13.2 Å². The van der Waals surface area contributed by atoms with E-state index < -0.39 is 11.7 Å². The monoisotopic (exact) mass is 584 g/mol. The molecule has 1 aromatic carbocycles. The number of benzene rings is 1. The summed E-state index contributed by atoms with van der Waals surface area (Å²) in [5, 5.41) is 3.60. The van der Waals surface area contributed by atoms with E-state index in [1.54, 1.807) is 17.4 Å². The first-order chi connectivity index (χ1) is 19.4. The molecule has 1 aromatic heterocycles. The van der Waals surface area contributed by atoms with Crippen LogP contribution in [0.2, 0.25) is 0 Å². The highest BCUT2D eigenvalue weighted by Crippen LogP contribution is 2.68.